The number of rotatable bonds is 6. The van der Waals surface area contributed by atoms with Crippen LogP contribution in [0.4, 0.5) is 0 Å². The molecule has 4 nitrogen and oxygen atoms in total. The van der Waals surface area contributed by atoms with Crippen LogP contribution in [0.25, 0.3) is 0 Å². The number of nitrogens with zero attached hydrogens (tertiary/aromatic N) is 3. The van der Waals surface area contributed by atoms with E-state index in [1.54, 1.807) is 18.3 Å². The van der Waals surface area contributed by atoms with Crippen molar-refractivity contribution in [3.63, 3.8) is 0 Å². The highest BCUT2D eigenvalue weighted by molar-refractivity contribution is 5.36. The van der Waals surface area contributed by atoms with Crippen LogP contribution in [0.1, 0.15) is 19.5 Å². The summed E-state index contributed by atoms with van der Waals surface area (Å²) in [6, 6.07) is 5.55. The van der Waals surface area contributed by atoms with Gasteiger partial charge in [0.05, 0.1) is 0 Å². The largest absolute Gasteiger partial charge is 0.489 e. The standard InChI is InChI=1S/C12H17N3O/c1-3-15(4-2)8-9-16-12-6-5-7-14-11(12)10-13/h5-7H,3-4,8-9H2,1-2H3. The van der Waals surface area contributed by atoms with E-state index in [4.69, 9.17) is 10.00 Å². The lowest BCUT2D eigenvalue weighted by Crippen LogP contribution is -2.28. The van der Waals surface area contributed by atoms with E-state index in [-0.39, 0.29) is 0 Å². The third kappa shape index (κ3) is 3.52. The Hall–Kier alpha value is -1.60. The zero-order valence-electron chi connectivity index (χ0n) is 9.81. The molecule has 0 saturated heterocycles. The van der Waals surface area contributed by atoms with Gasteiger partial charge in [0.2, 0.25) is 0 Å². The summed E-state index contributed by atoms with van der Waals surface area (Å²) in [7, 11) is 0. The van der Waals surface area contributed by atoms with Gasteiger partial charge in [0, 0.05) is 12.7 Å². The maximum Gasteiger partial charge on any atom is 0.182 e. The van der Waals surface area contributed by atoms with Gasteiger partial charge in [-0.15, -0.1) is 0 Å². The van der Waals surface area contributed by atoms with Crippen LogP contribution in [-0.2, 0) is 0 Å². The van der Waals surface area contributed by atoms with Gasteiger partial charge in [-0.25, -0.2) is 4.98 Å². The zero-order chi connectivity index (χ0) is 11.8. The van der Waals surface area contributed by atoms with Gasteiger partial charge < -0.3 is 9.64 Å². The first-order valence-corrected chi connectivity index (χ1v) is 5.52. The Morgan fingerprint density at radius 2 is 2.19 bits per heavy atom. The molecule has 4 heteroatoms. The first kappa shape index (κ1) is 12.5. The molecule has 0 unspecified atom stereocenters. The summed E-state index contributed by atoms with van der Waals surface area (Å²) >= 11 is 0. The lowest BCUT2D eigenvalue weighted by molar-refractivity contribution is 0.222. The van der Waals surface area contributed by atoms with Crippen molar-refractivity contribution in [1.29, 1.82) is 5.26 Å². The molecule has 0 saturated carbocycles. The predicted molar refractivity (Wildman–Crippen MR) is 62.2 cm³/mol. The molecule has 0 radical (unpaired) electrons. The maximum absolute atomic E-state index is 8.82. The molecule has 0 fully saturated rings. The molecule has 1 aromatic heterocycles. The second-order valence-electron chi connectivity index (χ2n) is 3.34. The third-order valence-corrected chi connectivity index (χ3v) is 2.44. The minimum absolute atomic E-state index is 0.349. The van der Waals surface area contributed by atoms with Crippen LogP contribution in [0.5, 0.6) is 5.75 Å². The van der Waals surface area contributed by atoms with Gasteiger partial charge in [-0.3, -0.25) is 0 Å². The van der Waals surface area contributed by atoms with Crippen molar-refractivity contribution >= 4 is 0 Å². The molecule has 1 heterocycles. The lowest BCUT2D eigenvalue weighted by Gasteiger charge is -2.18. The van der Waals surface area contributed by atoms with Gasteiger partial charge in [0.1, 0.15) is 12.7 Å². The van der Waals surface area contributed by atoms with Crippen molar-refractivity contribution in [1.82, 2.24) is 9.88 Å². The lowest BCUT2D eigenvalue weighted by atomic mass is 10.3. The molecule has 0 N–H and O–H groups in total. The third-order valence-electron chi connectivity index (χ3n) is 2.44. The Kier molecular flexibility index (Phi) is 5.30. The number of nitriles is 1. The van der Waals surface area contributed by atoms with E-state index >= 15 is 0 Å². The second-order valence-corrected chi connectivity index (χ2v) is 3.34. The first-order valence-electron chi connectivity index (χ1n) is 5.52. The smallest absolute Gasteiger partial charge is 0.182 e. The van der Waals surface area contributed by atoms with Crippen LogP contribution in [0, 0.1) is 11.3 Å². The topological polar surface area (TPSA) is 49.1 Å². The van der Waals surface area contributed by atoms with E-state index in [0.29, 0.717) is 18.1 Å². The van der Waals surface area contributed by atoms with Crippen LogP contribution >= 0.6 is 0 Å². The Morgan fingerprint density at radius 3 is 2.81 bits per heavy atom. The summed E-state index contributed by atoms with van der Waals surface area (Å²) in [5, 5.41) is 8.82. The summed E-state index contributed by atoms with van der Waals surface area (Å²) in [5.41, 5.74) is 0.349. The molecule has 0 bridgehead atoms. The number of likely N-dealkylation sites (N-methyl/N-ethyl adjacent to an activating group) is 1. The van der Waals surface area contributed by atoms with Gasteiger partial charge in [-0.1, -0.05) is 13.8 Å². The van der Waals surface area contributed by atoms with Gasteiger partial charge in [-0.05, 0) is 25.2 Å². The highest BCUT2D eigenvalue weighted by atomic mass is 16.5. The monoisotopic (exact) mass is 219 g/mol. The van der Waals surface area contributed by atoms with E-state index in [0.717, 1.165) is 19.6 Å². The highest BCUT2D eigenvalue weighted by Gasteiger charge is 2.04. The molecule has 16 heavy (non-hydrogen) atoms. The van der Waals surface area contributed by atoms with Crippen molar-refractivity contribution in [3.05, 3.63) is 24.0 Å². The van der Waals surface area contributed by atoms with E-state index in [2.05, 4.69) is 23.7 Å². The molecule has 0 aliphatic heterocycles. The van der Waals surface area contributed by atoms with E-state index in [9.17, 15) is 0 Å². The summed E-state index contributed by atoms with van der Waals surface area (Å²) in [4.78, 5) is 6.20. The Labute approximate surface area is 96.5 Å². The summed E-state index contributed by atoms with van der Waals surface area (Å²) in [6.07, 6.45) is 1.59. The van der Waals surface area contributed by atoms with E-state index < -0.39 is 0 Å². The van der Waals surface area contributed by atoms with Crippen molar-refractivity contribution in [3.8, 4) is 11.8 Å². The Bertz CT molecular complexity index is 356. The summed E-state index contributed by atoms with van der Waals surface area (Å²) in [5.74, 6) is 0.567. The fourth-order valence-electron chi connectivity index (χ4n) is 1.42. The molecular weight excluding hydrogens is 202 g/mol. The average Bonchev–Trinajstić information content (AvgIpc) is 2.35. The normalized spacial score (nSPS) is 10.1. The number of ether oxygens (including phenoxy) is 1. The van der Waals surface area contributed by atoms with Crippen LogP contribution in [0.2, 0.25) is 0 Å². The molecule has 0 atom stereocenters. The molecule has 0 aliphatic carbocycles. The van der Waals surface area contributed by atoms with E-state index in [1.165, 1.54) is 0 Å². The molecule has 1 aromatic rings. The molecule has 0 amide bonds. The number of aromatic nitrogens is 1. The first-order chi connectivity index (χ1) is 7.81. The molecule has 0 aliphatic rings. The highest BCUT2D eigenvalue weighted by Crippen LogP contribution is 2.13. The van der Waals surface area contributed by atoms with Crippen molar-refractivity contribution in [2.75, 3.05) is 26.2 Å². The quantitative estimate of drug-likeness (QED) is 0.730. The molecular formula is C12H17N3O. The van der Waals surface area contributed by atoms with Crippen molar-refractivity contribution in [2.24, 2.45) is 0 Å². The van der Waals surface area contributed by atoms with Crippen molar-refractivity contribution < 1.29 is 4.74 Å². The van der Waals surface area contributed by atoms with E-state index in [1.807, 2.05) is 6.07 Å². The Balaban J connectivity index is 2.46. The second kappa shape index (κ2) is 6.81. The van der Waals surface area contributed by atoms with Crippen LogP contribution in [0.3, 0.4) is 0 Å². The minimum Gasteiger partial charge on any atom is -0.489 e. The SMILES string of the molecule is CCN(CC)CCOc1cccnc1C#N. The van der Waals surface area contributed by atoms with Gasteiger partial charge in [0.15, 0.2) is 11.4 Å². The number of pyridine rings is 1. The number of hydrogen-bond acceptors (Lipinski definition) is 4. The molecule has 0 spiro atoms. The summed E-state index contributed by atoms with van der Waals surface area (Å²) in [6.45, 7) is 7.72. The van der Waals surface area contributed by atoms with Crippen molar-refractivity contribution in [2.45, 2.75) is 13.8 Å². The van der Waals surface area contributed by atoms with Crippen LogP contribution in [0.15, 0.2) is 18.3 Å². The summed E-state index contributed by atoms with van der Waals surface area (Å²) < 4.78 is 5.54. The Morgan fingerprint density at radius 1 is 1.44 bits per heavy atom. The minimum atomic E-state index is 0.349. The molecule has 0 aromatic carbocycles. The average molecular weight is 219 g/mol. The van der Waals surface area contributed by atoms with Gasteiger partial charge in [-0.2, -0.15) is 5.26 Å². The molecule has 1 rings (SSSR count). The predicted octanol–water partition coefficient (Wildman–Crippen LogP) is 1.67. The fraction of sp³-hybridized carbons (Fsp3) is 0.500. The zero-order valence-corrected chi connectivity index (χ0v) is 9.81. The van der Waals surface area contributed by atoms with Crippen LogP contribution < -0.4 is 4.74 Å². The van der Waals surface area contributed by atoms with Gasteiger partial charge in [0.25, 0.3) is 0 Å². The number of hydrogen-bond donors (Lipinski definition) is 0. The fourth-order valence-corrected chi connectivity index (χ4v) is 1.42. The maximum atomic E-state index is 8.82. The molecule has 86 valence electrons. The van der Waals surface area contributed by atoms with Crippen LogP contribution in [-0.4, -0.2) is 36.1 Å². The van der Waals surface area contributed by atoms with Gasteiger partial charge >= 0.3 is 0 Å².